The summed E-state index contributed by atoms with van der Waals surface area (Å²) < 4.78 is 5.54. The summed E-state index contributed by atoms with van der Waals surface area (Å²) in [6, 6.07) is 0. The van der Waals surface area contributed by atoms with Crippen molar-refractivity contribution in [3.05, 3.63) is 0 Å². The number of ether oxygens (including phenoxy) is 1. The Kier molecular flexibility index (Phi) is 6.96. The van der Waals surface area contributed by atoms with Gasteiger partial charge in [0.2, 0.25) is 0 Å². The third-order valence-corrected chi connectivity index (χ3v) is 2.18. The molecule has 0 aliphatic heterocycles. The second kappa shape index (κ2) is 6.79. The maximum atomic E-state index is 5.54. The molecule has 0 aliphatic rings. The van der Waals surface area contributed by atoms with Gasteiger partial charge >= 0.3 is 0 Å². The monoisotopic (exact) mass is 190 g/mol. The molecule has 2 heteroatoms. The predicted molar refractivity (Wildman–Crippen MR) is 58.0 cm³/mol. The van der Waals surface area contributed by atoms with Gasteiger partial charge in [0, 0.05) is 6.61 Å². The maximum Gasteiger partial charge on any atom is 0.0517 e. The third kappa shape index (κ3) is 6.99. The van der Waals surface area contributed by atoms with Gasteiger partial charge in [0.05, 0.1) is 6.61 Å². The van der Waals surface area contributed by atoms with Crippen LogP contribution in [0.25, 0.3) is 0 Å². The smallest absolute Gasteiger partial charge is 0.0517 e. The van der Waals surface area contributed by atoms with Crippen LogP contribution in [0.1, 0.15) is 40.0 Å². The second-order valence-electron chi connectivity index (χ2n) is 4.04. The van der Waals surface area contributed by atoms with Crippen LogP contribution in [0.3, 0.4) is 0 Å². The lowest BCUT2D eigenvalue weighted by molar-refractivity contribution is 0.0583. The first-order chi connectivity index (χ1) is 5.62. The fourth-order valence-corrected chi connectivity index (χ4v) is 1.39. The lowest BCUT2D eigenvalue weighted by atomic mass is 9.89. The Hall–Kier alpha value is 0.310. The van der Waals surface area contributed by atoms with Gasteiger partial charge in [-0.1, -0.05) is 27.2 Å². The molecule has 0 bridgehead atoms. The molecular weight excluding hydrogens is 168 g/mol. The van der Waals surface area contributed by atoms with E-state index in [4.69, 9.17) is 4.74 Å². The highest BCUT2D eigenvalue weighted by atomic mass is 32.1. The van der Waals surface area contributed by atoms with Crippen LogP contribution in [0.5, 0.6) is 0 Å². The molecule has 1 nitrogen and oxygen atoms in total. The van der Waals surface area contributed by atoms with E-state index in [1.165, 1.54) is 12.8 Å². The summed E-state index contributed by atoms with van der Waals surface area (Å²) in [5, 5.41) is 0. The summed E-state index contributed by atoms with van der Waals surface area (Å²) in [5.41, 5.74) is 0.353. The average Bonchev–Trinajstić information content (AvgIpc) is 1.98. The van der Waals surface area contributed by atoms with Crippen LogP contribution in [0.2, 0.25) is 0 Å². The Morgan fingerprint density at radius 3 is 2.50 bits per heavy atom. The molecule has 0 aromatic rings. The number of rotatable bonds is 7. The Labute approximate surface area is 82.3 Å². The van der Waals surface area contributed by atoms with Gasteiger partial charge in [-0.3, -0.25) is 0 Å². The third-order valence-electron chi connectivity index (χ3n) is 1.87. The van der Waals surface area contributed by atoms with E-state index in [-0.39, 0.29) is 0 Å². The van der Waals surface area contributed by atoms with Gasteiger partial charge in [-0.15, -0.1) is 0 Å². The van der Waals surface area contributed by atoms with E-state index >= 15 is 0 Å². The van der Waals surface area contributed by atoms with Crippen LogP contribution in [0, 0.1) is 5.41 Å². The van der Waals surface area contributed by atoms with Crippen molar-refractivity contribution in [3.8, 4) is 0 Å². The zero-order valence-electron chi connectivity index (χ0n) is 8.60. The minimum absolute atomic E-state index is 0.353. The molecule has 74 valence electrons. The van der Waals surface area contributed by atoms with E-state index in [9.17, 15) is 0 Å². The molecule has 0 unspecified atom stereocenters. The van der Waals surface area contributed by atoms with Crippen LogP contribution in [0.15, 0.2) is 0 Å². The van der Waals surface area contributed by atoms with Gasteiger partial charge < -0.3 is 4.74 Å². The summed E-state index contributed by atoms with van der Waals surface area (Å²) >= 11 is 4.13. The quantitative estimate of drug-likeness (QED) is 0.479. The lowest BCUT2D eigenvalue weighted by Crippen LogP contribution is -2.19. The lowest BCUT2D eigenvalue weighted by Gasteiger charge is -2.23. The molecule has 0 saturated heterocycles. The van der Waals surface area contributed by atoms with Crippen LogP contribution >= 0.6 is 12.6 Å². The largest absolute Gasteiger partial charge is 0.381 e. The molecule has 0 saturated carbocycles. The highest BCUT2D eigenvalue weighted by Crippen LogP contribution is 2.22. The second-order valence-corrected chi connectivity index (χ2v) is 4.49. The highest BCUT2D eigenvalue weighted by molar-refractivity contribution is 7.80. The van der Waals surface area contributed by atoms with E-state index in [1.807, 2.05) is 0 Å². The Bertz CT molecular complexity index is 102. The zero-order chi connectivity index (χ0) is 9.45. The topological polar surface area (TPSA) is 9.23 Å². The molecule has 0 heterocycles. The molecule has 0 fully saturated rings. The van der Waals surface area contributed by atoms with Gasteiger partial charge in [0.25, 0.3) is 0 Å². The average molecular weight is 190 g/mol. The fourth-order valence-electron chi connectivity index (χ4n) is 1.26. The minimum Gasteiger partial charge on any atom is -0.381 e. The number of hydrogen-bond donors (Lipinski definition) is 1. The van der Waals surface area contributed by atoms with Gasteiger partial charge in [-0.25, -0.2) is 0 Å². The van der Waals surface area contributed by atoms with Crippen LogP contribution in [0.4, 0.5) is 0 Å². The number of hydrogen-bond acceptors (Lipinski definition) is 2. The zero-order valence-corrected chi connectivity index (χ0v) is 9.49. The SMILES string of the molecule is CCCC(C)(C)COCCCS. The summed E-state index contributed by atoms with van der Waals surface area (Å²) in [4.78, 5) is 0. The molecule has 0 rings (SSSR count). The van der Waals surface area contributed by atoms with Gasteiger partial charge in [0.15, 0.2) is 0 Å². The van der Waals surface area contributed by atoms with E-state index < -0.39 is 0 Å². The minimum atomic E-state index is 0.353. The van der Waals surface area contributed by atoms with Crippen molar-refractivity contribution in [2.75, 3.05) is 19.0 Å². The van der Waals surface area contributed by atoms with Crippen molar-refractivity contribution < 1.29 is 4.74 Å². The molecule has 0 radical (unpaired) electrons. The standard InChI is InChI=1S/C10H22OS/c1-4-6-10(2,3)9-11-7-5-8-12/h12H,4-9H2,1-3H3. The fraction of sp³-hybridized carbons (Fsp3) is 1.00. The summed E-state index contributed by atoms with van der Waals surface area (Å²) in [6.45, 7) is 8.48. The van der Waals surface area contributed by atoms with E-state index in [0.29, 0.717) is 5.41 Å². The molecule has 12 heavy (non-hydrogen) atoms. The first-order valence-corrected chi connectivity index (χ1v) is 5.44. The molecule has 0 aromatic carbocycles. The van der Waals surface area contributed by atoms with E-state index in [2.05, 4.69) is 33.4 Å². The Morgan fingerprint density at radius 1 is 1.33 bits per heavy atom. The van der Waals surface area contributed by atoms with Gasteiger partial charge in [0.1, 0.15) is 0 Å². The molecular formula is C10H22OS. The van der Waals surface area contributed by atoms with Crippen LogP contribution in [-0.2, 0) is 4.74 Å². The normalized spacial score (nSPS) is 12.0. The summed E-state index contributed by atoms with van der Waals surface area (Å²) in [7, 11) is 0. The van der Waals surface area contributed by atoms with E-state index in [0.717, 1.165) is 25.4 Å². The molecule has 0 atom stereocenters. The van der Waals surface area contributed by atoms with E-state index in [1.54, 1.807) is 0 Å². The predicted octanol–water partition coefficient (Wildman–Crippen LogP) is 3.15. The van der Waals surface area contributed by atoms with Crippen molar-refractivity contribution in [2.24, 2.45) is 5.41 Å². The van der Waals surface area contributed by atoms with Crippen molar-refractivity contribution in [2.45, 2.75) is 40.0 Å². The highest BCUT2D eigenvalue weighted by Gasteiger charge is 2.16. The van der Waals surface area contributed by atoms with Crippen molar-refractivity contribution in [1.29, 1.82) is 0 Å². The molecule has 0 aromatic heterocycles. The van der Waals surface area contributed by atoms with Crippen molar-refractivity contribution in [1.82, 2.24) is 0 Å². The van der Waals surface area contributed by atoms with Crippen LogP contribution in [-0.4, -0.2) is 19.0 Å². The van der Waals surface area contributed by atoms with Crippen molar-refractivity contribution in [3.63, 3.8) is 0 Å². The van der Waals surface area contributed by atoms with Crippen molar-refractivity contribution >= 4 is 12.6 Å². The first-order valence-electron chi connectivity index (χ1n) is 4.81. The molecule has 0 amide bonds. The Balaban J connectivity index is 3.33. The molecule has 0 aliphatic carbocycles. The van der Waals surface area contributed by atoms with Gasteiger partial charge in [-0.2, -0.15) is 12.6 Å². The molecule has 0 N–H and O–H groups in total. The number of thiol groups is 1. The maximum absolute atomic E-state index is 5.54. The first kappa shape index (κ1) is 12.3. The summed E-state index contributed by atoms with van der Waals surface area (Å²) in [5.74, 6) is 0.925. The van der Waals surface area contributed by atoms with Crippen LogP contribution < -0.4 is 0 Å². The summed E-state index contributed by atoms with van der Waals surface area (Å²) in [6.07, 6.45) is 3.54. The molecule has 0 spiro atoms. The van der Waals surface area contributed by atoms with Gasteiger partial charge in [-0.05, 0) is 24.0 Å². The Morgan fingerprint density at radius 2 is 2.00 bits per heavy atom.